The van der Waals surface area contributed by atoms with Crippen molar-refractivity contribution >= 4 is 0 Å². The third-order valence-electron chi connectivity index (χ3n) is 5.00. The summed E-state index contributed by atoms with van der Waals surface area (Å²) < 4.78 is 5.46. The molecule has 3 atom stereocenters. The molecule has 2 fully saturated rings. The third-order valence-corrected chi connectivity index (χ3v) is 5.00. The highest BCUT2D eigenvalue weighted by atomic mass is 16.5. The lowest BCUT2D eigenvalue weighted by Crippen LogP contribution is -2.54. The fourth-order valence-electron chi connectivity index (χ4n) is 3.51. The Labute approximate surface area is 112 Å². The Balaban J connectivity index is 1.83. The zero-order valence-corrected chi connectivity index (χ0v) is 12.3. The Bertz CT molecular complexity index is 241. The van der Waals surface area contributed by atoms with Crippen LogP contribution in [0, 0.1) is 11.8 Å². The van der Waals surface area contributed by atoms with E-state index in [2.05, 4.69) is 31.0 Å². The molecule has 0 saturated carbocycles. The standard InChI is InChI=1S/C15H30N2O/c1-4-16-15-5-8-17(13(3)12(15)2)11-14-6-9-18-10-7-14/h12-16H,4-11H2,1-3H3. The van der Waals surface area contributed by atoms with Crippen LogP contribution in [0.25, 0.3) is 0 Å². The summed E-state index contributed by atoms with van der Waals surface area (Å²) >= 11 is 0. The average molecular weight is 254 g/mol. The van der Waals surface area contributed by atoms with Gasteiger partial charge in [-0.3, -0.25) is 0 Å². The maximum absolute atomic E-state index is 5.46. The van der Waals surface area contributed by atoms with Gasteiger partial charge < -0.3 is 15.0 Å². The van der Waals surface area contributed by atoms with Crippen molar-refractivity contribution in [1.29, 1.82) is 0 Å². The molecular weight excluding hydrogens is 224 g/mol. The fourth-order valence-corrected chi connectivity index (χ4v) is 3.51. The minimum atomic E-state index is 0.714. The van der Waals surface area contributed by atoms with Crippen LogP contribution in [0.2, 0.25) is 0 Å². The molecule has 0 spiro atoms. The average Bonchev–Trinajstić information content (AvgIpc) is 2.40. The number of hydrogen-bond donors (Lipinski definition) is 1. The van der Waals surface area contributed by atoms with Crippen molar-refractivity contribution in [2.75, 3.05) is 32.8 Å². The lowest BCUT2D eigenvalue weighted by atomic mass is 9.85. The van der Waals surface area contributed by atoms with Crippen LogP contribution in [0.1, 0.15) is 40.0 Å². The number of nitrogens with one attached hydrogen (secondary N) is 1. The molecule has 0 aromatic rings. The first kappa shape index (κ1) is 14.3. The van der Waals surface area contributed by atoms with Crippen LogP contribution < -0.4 is 5.32 Å². The minimum absolute atomic E-state index is 0.714. The van der Waals surface area contributed by atoms with Gasteiger partial charge in [0.2, 0.25) is 0 Å². The second-order valence-electron chi connectivity index (χ2n) is 6.10. The molecule has 0 aliphatic carbocycles. The van der Waals surface area contributed by atoms with Crippen LogP contribution >= 0.6 is 0 Å². The molecule has 2 saturated heterocycles. The van der Waals surface area contributed by atoms with E-state index in [1.165, 1.54) is 32.4 Å². The van der Waals surface area contributed by atoms with Gasteiger partial charge in [-0.15, -0.1) is 0 Å². The predicted octanol–water partition coefficient (Wildman–Crippen LogP) is 2.12. The Morgan fingerprint density at radius 2 is 1.89 bits per heavy atom. The quantitative estimate of drug-likeness (QED) is 0.832. The molecular formula is C15H30N2O. The smallest absolute Gasteiger partial charge is 0.0469 e. The summed E-state index contributed by atoms with van der Waals surface area (Å²) in [5.41, 5.74) is 0. The van der Waals surface area contributed by atoms with E-state index in [1.807, 2.05) is 0 Å². The Morgan fingerprint density at radius 3 is 2.56 bits per heavy atom. The third kappa shape index (κ3) is 3.46. The van der Waals surface area contributed by atoms with Crippen molar-refractivity contribution < 1.29 is 4.74 Å². The molecule has 2 aliphatic rings. The Kier molecular flexibility index (Phi) is 5.46. The van der Waals surface area contributed by atoms with Crippen LogP contribution in [0.4, 0.5) is 0 Å². The highest BCUT2D eigenvalue weighted by Crippen LogP contribution is 2.26. The highest BCUT2D eigenvalue weighted by Gasteiger charge is 2.32. The van der Waals surface area contributed by atoms with Gasteiger partial charge >= 0.3 is 0 Å². The van der Waals surface area contributed by atoms with E-state index in [-0.39, 0.29) is 0 Å². The summed E-state index contributed by atoms with van der Waals surface area (Å²) in [5.74, 6) is 1.63. The summed E-state index contributed by atoms with van der Waals surface area (Å²) in [5, 5.41) is 3.64. The van der Waals surface area contributed by atoms with Crippen LogP contribution in [0.5, 0.6) is 0 Å². The number of rotatable bonds is 4. The lowest BCUT2D eigenvalue weighted by molar-refractivity contribution is 0.0244. The van der Waals surface area contributed by atoms with Gasteiger partial charge in [0.15, 0.2) is 0 Å². The second-order valence-corrected chi connectivity index (χ2v) is 6.10. The van der Waals surface area contributed by atoms with Crippen molar-refractivity contribution in [2.45, 2.75) is 52.1 Å². The van der Waals surface area contributed by atoms with Crippen molar-refractivity contribution in [3.63, 3.8) is 0 Å². The second kappa shape index (κ2) is 6.88. The van der Waals surface area contributed by atoms with Crippen LogP contribution in [-0.4, -0.2) is 49.8 Å². The summed E-state index contributed by atoms with van der Waals surface area (Å²) in [6.45, 7) is 12.6. The van der Waals surface area contributed by atoms with Gasteiger partial charge in [0.25, 0.3) is 0 Å². The lowest BCUT2D eigenvalue weighted by Gasteiger charge is -2.44. The van der Waals surface area contributed by atoms with Crippen LogP contribution in [-0.2, 0) is 4.74 Å². The van der Waals surface area contributed by atoms with Crippen molar-refractivity contribution in [3.8, 4) is 0 Å². The minimum Gasteiger partial charge on any atom is -0.381 e. The molecule has 106 valence electrons. The van der Waals surface area contributed by atoms with Crippen LogP contribution in [0.15, 0.2) is 0 Å². The molecule has 0 radical (unpaired) electrons. The molecule has 18 heavy (non-hydrogen) atoms. The number of hydrogen-bond acceptors (Lipinski definition) is 3. The molecule has 0 bridgehead atoms. The van der Waals surface area contributed by atoms with Gasteiger partial charge in [0.1, 0.15) is 0 Å². The summed E-state index contributed by atoms with van der Waals surface area (Å²) in [6.07, 6.45) is 3.82. The normalized spacial score (nSPS) is 35.8. The maximum Gasteiger partial charge on any atom is 0.0469 e. The SMILES string of the molecule is CCNC1CCN(CC2CCOCC2)C(C)C1C. The van der Waals surface area contributed by atoms with E-state index in [1.54, 1.807) is 0 Å². The van der Waals surface area contributed by atoms with E-state index < -0.39 is 0 Å². The molecule has 3 heteroatoms. The number of piperidine rings is 1. The molecule has 2 aliphatic heterocycles. The largest absolute Gasteiger partial charge is 0.381 e. The summed E-state index contributed by atoms with van der Waals surface area (Å²) in [4.78, 5) is 2.72. The van der Waals surface area contributed by atoms with E-state index in [4.69, 9.17) is 4.74 Å². The van der Waals surface area contributed by atoms with E-state index in [9.17, 15) is 0 Å². The first-order valence-corrected chi connectivity index (χ1v) is 7.77. The molecule has 3 unspecified atom stereocenters. The first-order chi connectivity index (χ1) is 8.72. The van der Waals surface area contributed by atoms with Gasteiger partial charge in [-0.1, -0.05) is 13.8 Å². The van der Waals surface area contributed by atoms with Gasteiger partial charge in [-0.2, -0.15) is 0 Å². The van der Waals surface area contributed by atoms with Crippen molar-refractivity contribution in [3.05, 3.63) is 0 Å². The molecule has 0 aromatic carbocycles. The van der Waals surface area contributed by atoms with Gasteiger partial charge in [0, 0.05) is 31.8 Å². The van der Waals surface area contributed by atoms with E-state index >= 15 is 0 Å². The zero-order valence-electron chi connectivity index (χ0n) is 12.3. The molecule has 2 rings (SSSR count). The topological polar surface area (TPSA) is 24.5 Å². The number of likely N-dealkylation sites (tertiary alicyclic amines) is 1. The molecule has 0 aromatic heterocycles. The van der Waals surface area contributed by atoms with Gasteiger partial charge in [-0.25, -0.2) is 0 Å². The van der Waals surface area contributed by atoms with Gasteiger partial charge in [-0.05, 0) is 51.1 Å². The monoisotopic (exact) mass is 254 g/mol. The summed E-state index contributed by atoms with van der Waals surface area (Å²) in [7, 11) is 0. The number of nitrogens with zero attached hydrogens (tertiary/aromatic N) is 1. The highest BCUT2D eigenvalue weighted by molar-refractivity contribution is 4.89. The molecule has 3 nitrogen and oxygen atoms in total. The van der Waals surface area contributed by atoms with Gasteiger partial charge in [0.05, 0.1) is 0 Å². The van der Waals surface area contributed by atoms with E-state index in [0.29, 0.717) is 6.04 Å². The predicted molar refractivity (Wildman–Crippen MR) is 75.8 cm³/mol. The van der Waals surface area contributed by atoms with Crippen molar-refractivity contribution in [2.24, 2.45) is 11.8 Å². The number of ether oxygens (including phenoxy) is 1. The molecule has 0 amide bonds. The van der Waals surface area contributed by atoms with E-state index in [0.717, 1.165) is 37.6 Å². The summed E-state index contributed by atoms with van der Waals surface area (Å²) in [6, 6.07) is 1.43. The molecule has 1 N–H and O–H groups in total. The first-order valence-electron chi connectivity index (χ1n) is 7.77. The fraction of sp³-hybridized carbons (Fsp3) is 1.00. The molecule has 2 heterocycles. The Morgan fingerprint density at radius 1 is 1.17 bits per heavy atom. The zero-order chi connectivity index (χ0) is 13.0. The van der Waals surface area contributed by atoms with Crippen molar-refractivity contribution in [1.82, 2.24) is 10.2 Å². The Hall–Kier alpha value is -0.120. The maximum atomic E-state index is 5.46. The van der Waals surface area contributed by atoms with Crippen LogP contribution in [0.3, 0.4) is 0 Å².